The second-order valence-electron chi connectivity index (χ2n) is 9.05. The van der Waals surface area contributed by atoms with Gasteiger partial charge < -0.3 is 9.31 Å². The van der Waals surface area contributed by atoms with E-state index in [1.54, 1.807) is 0 Å². The van der Waals surface area contributed by atoms with Crippen LogP contribution in [0.3, 0.4) is 0 Å². The zero-order valence-electron chi connectivity index (χ0n) is 18.5. The molecule has 0 atom stereocenters. The van der Waals surface area contributed by atoms with Crippen LogP contribution in [0, 0.1) is 6.92 Å². The summed E-state index contributed by atoms with van der Waals surface area (Å²) in [5, 5.41) is 0. The van der Waals surface area contributed by atoms with Gasteiger partial charge in [0.15, 0.2) is 0 Å². The third kappa shape index (κ3) is 3.64. The molecule has 3 heteroatoms. The van der Waals surface area contributed by atoms with Crippen molar-refractivity contribution in [1.29, 1.82) is 0 Å². The molecule has 1 aliphatic heterocycles. The minimum absolute atomic E-state index is 0.341. The van der Waals surface area contributed by atoms with E-state index in [0.717, 1.165) is 22.2 Å². The largest absolute Gasteiger partial charge is 0.494 e. The Morgan fingerprint density at radius 3 is 1.87 bits per heavy atom. The average Bonchev–Trinajstić information content (AvgIpc) is 2.95. The topological polar surface area (TPSA) is 18.5 Å². The van der Waals surface area contributed by atoms with Crippen molar-refractivity contribution in [1.82, 2.24) is 0 Å². The Balaban J connectivity index is 1.63. The first-order valence-corrected chi connectivity index (χ1v) is 10.5. The smallest absolute Gasteiger partial charge is 0.399 e. The molecular weight excluding hydrogens is 367 g/mol. The summed E-state index contributed by atoms with van der Waals surface area (Å²) in [5.74, 6) is 0. The number of hydrogen-bond acceptors (Lipinski definition) is 2. The molecule has 0 saturated carbocycles. The highest BCUT2D eigenvalue weighted by molar-refractivity contribution is 6.62. The van der Waals surface area contributed by atoms with Crippen molar-refractivity contribution in [2.75, 3.05) is 0 Å². The first-order chi connectivity index (χ1) is 14.2. The fourth-order valence-corrected chi connectivity index (χ4v) is 3.83. The van der Waals surface area contributed by atoms with Gasteiger partial charge in [0.2, 0.25) is 0 Å². The van der Waals surface area contributed by atoms with Crippen LogP contribution in [0.2, 0.25) is 0 Å². The summed E-state index contributed by atoms with van der Waals surface area (Å²) in [7, 11) is -0.350. The maximum atomic E-state index is 6.18. The van der Waals surface area contributed by atoms with E-state index in [-0.39, 0.29) is 18.3 Å². The van der Waals surface area contributed by atoms with Crippen molar-refractivity contribution in [3.8, 4) is 11.1 Å². The molecule has 0 aromatic heterocycles. The van der Waals surface area contributed by atoms with E-state index >= 15 is 0 Å². The minimum atomic E-state index is -0.350. The number of aryl methyl sites for hydroxylation is 1. The van der Waals surface area contributed by atoms with E-state index in [1.807, 2.05) is 0 Å². The van der Waals surface area contributed by atoms with Crippen molar-refractivity contribution in [3.63, 3.8) is 0 Å². The Kier molecular flexibility index (Phi) is 5.21. The lowest BCUT2D eigenvalue weighted by Crippen LogP contribution is -2.41. The normalized spacial score (nSPS) is 17.2. The van der Waals surface area contributed by atoms with Gasteiger partial charge in [0.25, 0.3) is 0 Å². The second kappa shape index (κ2) is 7.57. The summed E-state index contributed by atoms with van der Waals surface area (Å²) in [5.41, 5.74) is 7.30. The molecule has 3 aromatic rings. The van der Waals surface area contributed by atoms with Crippen LogP contribution in [0.1, 0.15) is 44.4 Å². The zero-order chi connectivity index (χ0) is 21.5. The van der Waals surface area contributed by atoms with E-state index in [2.05, 4.69) is 114 Å². The molecular formula is C27H29BO2. The predicted molar refractivity (Wildman–Crippen MR) is 127 cm³/mol. The summed E-state index contributed by atoms with van der Waals surface area (Å²) >= 11 is 0. The van der Waals surface area contributed by atoms with Gasteiger partial charge in [0.05, 0.1) is 11.2 Å². The zero-order valence-corrected chi connectivity index (χ0v) is 18.5. The lowest BCUT2D eigenvalue weighted by Gasteiger charge is -2.32. The van der Waals surface area contributed by atoms with Crippen LogP contribution < -0.4 is 5.46 Å². The third-order valence-corrected chi connectivity index (χ3v) is 6.47. The van der Waals surface area contributed by atoms with E-state index < -0.39 is 0 Å². The summed E-state index contributed by atoms with van der Waals surface area (Å²) in [4.78, 5) is 0. The maximum absolute atomic E-state index is 6.18. The highest BCUT2D eigenvalue weighted by atomic mass is 16.7. The molecule has 152 valence electrons. The van der Waals surface area contributed by atoms with Gasteiger partial charge in [-0.05, 0) is 73.5 Å². The van der Waals surface area contributed by atoms with Gasteiger partial charge in [0, 0.05) is 0 Å². The van der Waals surface area contributed by atoms with E-state index in [1.165, 1.54) is 16.7 Å². The van der Waals surface area contributed by atoms with Crippen molar-refractivity contribution < 1.29 is 9.31 Å². The Morgan fingerprint density at radius 2 is 1.27 bits per heavy atom. The van der Waals surface area contributed by atoms with Crippen LogP contribution in [0.15, 0.2) is 79.4 Å². The number of benzene rings is 3. The maximum Gasteiger partial charge on any atom is 0.494 e. The molecule has 0 amide bonds. The van der Waals surface area contributed by atoms with Gasteiger partial charge >= 0.3 is 7.12 Å². The Labute approximate surface area is 180 Å². The molecule has 3 aromatic carbocycles. The Morgan fingerprint density at radius 1 is 0.733 bits per heavy atom. The molecule has 1 heterocycles. The fourth-order valence-electron chi connectivity index (χ4n) is 3.83. The predicted octanol–water partition coefficient (Wildman–Crippen LogP) is 6.02. The first kappa shape index (κ1) is 20.6. The molecule has 0 unspecified atom stereocenters. The van der Waals surface area contributed by atoms with Crippen molar-refractivity contribution in [2.45, 2.75) is 45.8 Å². The Bertz CT molecular complexity index is 1060. The van der Waals surface area contributed by atoms with Gasteiger partial charge in [-0.1, -0.05) is 79.4 Å². The van der Waals surface area contributed by atoms with Gasteiger partial charge in [0.1, 0.15) is 0 Å². The quantitative estimate of drug-likeness (QED) is 0.502. The molecule has 0 spiro atoms. The van der Waals surface area contributed by atoms with Crippen molar-refractivity contribution in [2.24, 2.45) is 0 Å². The number of hydrogen-bond donors (Lipinski definition) is 0. The summed E-state index contributed by atoms with van der Waals surface area (Å²) < 4.78 is 12.4. The van der Waals surface area contributed by atoms with Crippen molar-refractivity contribution in [3.05, 3.63) is 96.1 Å². The van der Waals surface area contributed by atoms with Gasteiger partial charge in [-0.3, -0.25) is 0 Å². The minimum Gasteiger partial charge on any atom is -0.399 e. The van der Waals surface area contributed by atoms with Gasteiger partial charge in [-0.25, -0.2) is 0 Å². The molecule has 0 N–H and O–H groups in total. The molecule has 1 aliphatic rings. The summed E-state index contributed by atoms with van der Waals surface area (Å²) in [6.45, 7) is 14.9. The molecule has 0 aliphatic carbocycles. The van der Waals surface area contributed by atoms with Gasteiger partial charge in [-0.15, -0.1) is 0 Å². The number of rotatable bonds is 4. The van der Waals surface area contributed by atoms with Crippen LogP contribution in [-0.4, -0.2) is 18.3 Å². The van der Waals surface area contributed by atoms with E-state index in [9.17, 15) is 0 Å². The van der Waals surface area contributed by atoms with Crippen LogP contribution in [0.4, 0.5) is 0 Å². The highest BCUT2D eigenvalue weighted by Gasteiger charge is 2.51. The molecule has 30 heavy (non-hydrogen) atoms. The summed E-state index contributed by atoms with van der Waals surface area (Å²) in [6.07, 6.45) is 0. The standard InChI is InChI=1S/C27H29BO2/c1-19-11-7-8-12-23(19)25-14-10-9-13-24(25)20(2)21-15-17-22(18-16-21)28-29-26(3,4)27(5,6)30-28/h7-18H,2H2,1,3-6H3. The SMILES string of the molecule is C=C(c1ccc(B2OC(C)(C)C(C)(C)O2)cc1)c1ccccc1-c1ccccc1C. The highest BCUT2D eigenvalue weighted by Crippen LogP contribution is 2.37. The molecule has 1 saturated heterocycles. The fraction of sp³-hybridized carbons (Fsp3) is 0.259. The second-order valence-corrected chi connectivity index (χ2v) is 9.05. The molecule has 2 nitrogen and oxygen atoms in total. The lowest BCUT2D eigenvalue weighted by atomic mass is 9.78. The Hall–Kier alpha value is -2.62. The molecule has 0 bridgehead atoms. The first-order valence-electron chi connectivity index (χ1n) is 10.5. The van der Waals surface area contributed by atoms with Crippen LogP contribution in [0.25, 0.3) is 16.7 Å². The van der Waals surface area contributed by atoms with Gasteiger partial charge in [-0.2, -0.15) is 0 Å². The van der Waals surface area contributed by atoms with E-state index in [0.29, 0.717) is 0 Å². The van der Waals surface area contributed by atoms with Crippen LogP contribution in [0.5, 0.6) is 0 Å². The summed E-state index contributed by atoms with van der Waals surface area (Å²) in [6, 6.07) is 25.3. The lowest BCUT2D eigenvalue weighted by molar-refractivity contribution is 0.00578. The third-order valence-electron chi connectivity index (χ3n) is 6.47. The van der Waals surface area contributed by atoms with Crippen LogP contribution in [-0.2, 0) is 9.31 Å². The van der Waals surface area contributed by atoms with Crippen molar-refractivity contribution >= 4 is 18.2 Å². The monoisotopic (exact) mass is 396 g/mol. The molecule has 1 fully saturated rings. The average molecular weight is 396 g/mol. The molecule has 4 rings (SSSR count). The molecule has 0 radical (unpaired) electrons. The van der Waals surface area contributed by atoms with Crippen LogP contribution >= 0.6 is 0 Å². The van der Waals surface area contributed by atoms with E-state index in [4.69, 9.17) is 9.31 Å².